The first-order valence-corrected chi connectivity index (χ1v) is 12.6. The molecule has 174 valence electrons. The first kappa shape index (κ1) is 23.3. The lowest BCUT2D eigenvalue weighted by atomic mass is 9.88. The molecule has 1 aromatic rings. The number of aryl methyl sites for hydroxylation is 1. The van der Waals surface area contributed by atoms with Gasteiger partial charge in [-0.2, -0.15) is 0 Å². The molecule has 0 bridgehead atoms. The Morgan fingerprint density at radius 2 is 2.06 bits per heavy atom. The van der Waals surface area contributed by atoms with E-state index in [2.05, 4.69) is 37.3 Å². The second-order valence-corrected chi connectivity index (χ2v) is 10.2. The number of allylic oxidation sites excluding steroid dienone is 2. The Kier molecular flexibility index (Phi) is 7.85. The molecule has 1 heterocycles. The third-order valence-electron chi connectivity index (χ3n) is 7.63. The Bertz CT molecular complexity index is 839. The smallest absolute Gasteiger partial charge is 0.222 e. The number of unbranched alkanes of at least 4 members (excludes halogenated alkanes) is 1. The maximum Gasteiger partial charge on any atom is 0.222 e. The predicted octanol–water partition coefficient (Wildman–Crippen LogP) is 4.58. The van der Waals surface area contributed by atoms with Crippen LogP contribution in [0.25, 0.3) is 0 Å². The summed E-state index contributed by atoms with van der Waals surface area (Å²) in [6.45, 7) is 3.96. The summed E-state index contributed by atoms with van der Waals surface area (Å²) in [7, 11) is 0. The molecule has 2 fully saturated rings. The third kappa shape index (κ3) is 5.90. The molecular formula is C28H39NO3. The Balaban J connectivity index is 1.22. The molecule has 2 N–H and O–H groups in total. The average molecular weight is 438 g/mol. The SMILES string of the molecule is Cc1cccc(C[C@H](O)C=C[C@@H]2[C@H]3CC(CCCCC(=O)N4CCCC4)=C[C@H]3C[C@H]2O)c1. The lowest BCUT2D eigenvalue weighted by molar-refractivity contribution is -0.130. The van der Waals surface area contributed by atoms with Crippen LogP contribution in [0, 0.1) is 24.7 Å². The van der Waals surface area contributed by atoms with E-state index in [1.165, 1.54) is 11.1 Å². The van der Waals surface area contributed by atoms with E-state index in [9.17, 15) is 15.0 Å². The van der Waals surface area contributed by atoms with Gasteiger partial charge in [0.1, 0.15) is 0 Å². The number of rotatable bonds is 9. The second-order valence-electron chi connectivity index (χ2n) is 10.2. The molecule has 32 heavy (non-hydrogen) atoms. The molecule has 1 aromatic carbocycles. The number of benzene rings is 1. The van der Waals surface area contributed by atoms with Crippen molar-refractivity contribution in [3.8, 4) is 0 Å². The zero-order chi connectivity index (χ0) is 22.5. The summed E-state index contributed by atoms with van der Waals surface area (Å²) in [5.74, 6) is 1.36. The Labute approximate surface area is 193 Å². The van der Waals surface area contributed by atoms with Crippen molar-refractivity contribution in [2.75, 3.05) is 13.1 Å². The van der Waals surface area contributed by atoms with Crippen molar-refractivity contribution in [3.05, 3.63) is 59.2 Å². The van der Waals surface area contributed by atoms with E-state index in [-0.39, 0.29) is 12.0 Å². The van der Waals surface area contributed by atoms with Crippen molar-refractivity contribution in [3.63, 3.8) is 0 Å². The van der Waals surface area contributed by atoms with Crippen LogP contribution in [0.5, 0.6) is 0 Å². The second kappa shape index (κ2) is 10.8. The van der Waals surface area contributed by atoms with Crippen molar-refractivity contribution in [1.82, 2.24) is 4.90 Å². The van der Waals surface area contributed by atoms with E-state index < -0.39 is 6.10 Å². The van der Waals surface area contributed by atoms with Gasteiger partial charge in [-0.3, -0.25) is 4.79 Å². The highest BCUT2D eigenvalue weighted by Gasteiger charge is 2.43. The molecule has 5 atom stereocenters. The number of carbonyl (C=O) groups excluding carboxylic acids is 1. The fraction of sp³-hybridized carbons (Fsp3) is 0.607. The monoisotopic (exact) mass is 437 g/mol. The lowest BCUT2D eigenvalue weighted by Crippen LogP contribution is -2.27. The number of fused-ring (bicyclic) bond motifs is 1. The summed E-state index contributed by atoms with van der Waals surface area (Å²) in [4.78, 5) is 14.2. The molecule has 4 heteroatoms. The summed E-state index contributed by atoms with van der Waals surface area (Å²) < 4.78 is 0. The van der Waals surface area contributed by atoms with E-state index in [1.807, 2.05) is 17.0 Å². The van der Waals surface area contributed by atoms with Crippen LogP contribution in [0.1, 0.15) is 62.5 Å². The van der Waals surface area contributed by atoms with Gasteiger partial charge in [0.2, 0.25) is 5.91 Å². The largest absolute Gasteiger partial charge is 0.392 e. The summed E-state index contributed by atoms with van der Waals surface area (Å²) in [6, 6.07) is 8.26. The number of hydrogen-bond donors (Lipinski definition) is 2. The molecule has 1 saturated carbocycles. The fourth-order valence-electron chi connectivity index (χ4n) is 5.95. The summed E-state index contributed by atoms with van der Waals surface area (Å²) in [5, 5.41) is 21.1. The highest BCUT2D eigenvalue weighted by Crippen LogP contribution is 2.48. The van der Waals surface area contributed by atoms with Gasteiger partial charge in [0.15, 0.2) is 0 Å². The van der Waals surface area contributed by atoms with E-state index in [0.29, 0.717) is 30.6 Å². The number of aliphatic hydroxyl groups is 2. The van der Waals surface area contributed by atoms with Crippen LogP contribution >= 0.6 is 0 Å². The van der Waals surface area contributed by atoms with Gasteiger partial charge < -0.3 is 15.1 Å². The van der Waals surface area contributed by atoms with Gasteiger partial charge in [-0.1, -0.05) is 53.6 Å². The van der Waals surface area contributed by atoms with Crippen molar-refractivity contribution in [2.24, 2.45) is 17.8 Å². The molecular weight excluding hydrogens is 398 g/mol. The first-order chi connectivity index (χ1) is 15.5. The molecule has 0 unspecified atom stereocenters. The molecule has 1 aliphatic heterocycles. The molecule has 0 radical (unpaired) electrons. The van der Waals surface area contributed by atoms with E-state index >= 15 is 0 Å². The minimum absolute atomic E-state index is 0.123. The fourth-order valence-corrected chi connectivity index (χ4v) is 5.95. The zero-order valence-corrected chi connectivity index (χ0v) is 19.5. The van der Waals surface area contributed by atoms with E-state index in [1.54, 1.807) is 0 Å². The number of aliphatic hydroxyl groups excluding tert-OH is 2. The van der Waals surface area contributed by atoms with Crippen LogP contribution in [0.4, 0.5) is 0 Å². The normalized spacial score (nSPS) is 28.3. The number of amides is 1. The molecule has 0 aromatic heterocycles. The molecule has 2 aliphatic carbocycles. The molecule has 3 aliphatic rings. The number of likely N-dealkylation sites (tertiary alicyclic amines) is 1. The van der Waals surface area contributed by atoms with E-state index in [4.69, 9.17) is 0 Å². The molecule has 0 spiro atoms. The van der Waals surface area contributed by atoms with Crippen LogP contribution in [-0.4, -0.2) is 46.3 Å². The molecule has 1 saturated heterocycles. The standard InChI is InChI=1S/C28H39NO3/c1-20-7-6-9-21(15-20)17-24(30)11-12-25-26-18-22(16-23(26)19-27(25)31)8-2-3-10-28(32)29-13-4-5-14-29/h6-7,9,11-12,15-16,23-27,30-31H,2-5,8,10,13-14,17-19H2,1H3/t23-,24+,25+,26-,27+/m0/s1. The van der Waals surface area contributed by atoms with Gasteiger partial charge in [0.25, 0.3) is 0 Å². The van der Waals surface area contributed by atoms with Crippen molar-refractivity contribution < 1.29 is 15.0 Å². The van der Waals surface area contributed by atoms with Crippen LogP contribution in [0.2, 0.25) is 0 Å². The van der Waals surface area contributed by atoms with Crippen LogP contribution < -0.4 is 0 Å². The maximum absolute atomic E-state index is 12.2. The summed E-state index contributed by atoms with van der Waals surface area (Å²) in [5.41, 5.74) is 3.84. The minimum Gasteiger partial charge on any atom is -0.392 e. The lowest BCUT2D eigenvalue weighted by Gasteiger charge is -2.19. The van der Waals surface area contributed by atoms with E-state index in [0.717, 1.165) is 63.6 Å². The van der Waals surface area contributed by atoms with Crippen LogP contribution in [0.15, 0.2) is 48.1 Å². The third-order valence-corrected chi connectivity index (χ3v) is 7.63. The van der Waals surface area contributed by atoms with Gasteiger partial charge in [0.05, 0.1) is 12.2 Å². The number of nitrogens with zero attached hydrogens (tertiary/aromatic N) is 1. The highest BCUT2D eigenvalue weighted by atomic mass is 16.3. The van der Waals surface area contributed by atoms with Gasteiger partial charge in [-0.25, -0.2) is 0 Å². The summed E-state index contributed by atoms with van der Waals surface area (Å²) in [6.07, 6.45) is 14.1. The zero-order valence-electron chi connectivity index (χ0n) is 19.5. The van der Waals surface area contributed by atoms with Gasteiger partial charge in [-0.15, -0.1) is 0 Å². The Morgan fingerprint density at radius 3 is 2.84 bits per heavy atom. The van der Waals surface area contributed by atoms with Crippen molar-refractivity contribution in [1.29, 1.82) is 0 Å². The number of hydrogen-bond acceptors (Lipinski definition) is 3. The topological polar surface area (TPSA) is 60.8 Å². The Hall–Kier alpha value is -1.91. The molecule has 4 nitrogen and oxygen atoms in total. The van der Waals surface area contributed by atoms with Gasteiger partial charge in [0, 0.05) is 31.8 Å². The van der Waals surface area contributed by atoms with Crippen molar-refractivity contribution >= 4 is 5.91 Å². The van der Waals surface area contributed by atoms with Crippen LogP contribution in [0.3, 0.4) is 0 Å². The van der Waals surface area contributed by atoms with Crippen molar-refractivity contribution in [2.45, 2.75) is 76.9 Å². The quantitative estimate of drug-likeness (QED) is 0.439. The minimum atomic E-state index is -0.523. The first-order valence-electron chi connectivity index (χ1n) is 12.6. The van der Waals surface area contributed by atoms with Gasteiger partial charge in [-0.05, 0) is 69.3 Å². The number of carbonyl (C=O) groups is 1. The molecule has 1 amide bonds. The average Bonchev–Trinajstić information content (AvgIpc) is 3.47. The van der Waals surface area contributed by atoms with Gasteiger partial charge >= 0.3 is 0 Å². The molecule has 4 rings (SSSR count). The van der Waals surface area contributed by atoms with Crippen LogP contribution in [-0.2, 0) is 11.2 Å². The summed E-state index contributed by atoms with van der Waals surface area (Å²) >= 11 is 0. The maximum atomic E-state index is 12.2. The Morgan fingerprint density at radius 1 is 1.25 bits per heavy atom. The highest BCUT2D eigenvalue weighted by molar-refractivity contribution is 5.76. The predicted molar refractivity (Wildman–Crippen MR) is 128 cm³/mol.